The molecule has 1 amide bonds. The number of rotatable bonds is 4. The van der Waals surface area contributed by atoms with Crippen molar-refractivity contribution in [3.05, 3.63) is 0 Å². The summed E-state index contributed by atoms with van der Waals surface area (Å²) in [5, 5.41) is 6.41. The number of ether oxygens (including phenoxy) is 1. The minimum absolute atomic E-state index is 0.0685. The Bertz CT molecular complexity index is 277. The van der Waals surface area contributed by atoms with E-state index in [1.807, 2.05) is 0 Å². The number of methoxy groups -OCH3 is 1. The third-order valence-corrected chi connectivity index (χ3v) is 4.47. The zero-order valence-electron chi connectivity index (χ0n) is 11.6. The van der Waals surface area contributed by atoms with Gasteiger partial charge in [-0.15, -0.1) is 0 Å². The Kier molecular flexibility index (Phi) is 5.01. The van der Waals surface area contributed by atoms with Crippen LogP contribution in [0.1, 0.15) is 45.4 Å². The molecule has 4 heteroatoms. The maximum Gasteiger partial charge on any atom is 0.237 e. The molecule has 104 valence electrons. The van der Waals surface area contributed by atoms with Gasteiger partial charge < -0.3 is 15.4 Å². The molecule has 18 heavy (non-hydrogen) atoms. The lowest BCUT2D eigenvalue weighted by atomic mass is 9.84. The topological polar surface area (TPSA) is 50.4 Å². The molecule has 1 aliphatic heterocycles. The van der Waals surface area contributed by atoms with E-state index in [9.17, 15) is 4.79 Å². The zero-order valence-corrected chi connectivity index (χ0v) is 11.6. The minimum Gasteiger partial charge on any atom is -0.380 e. The fourth-order valence-corrected chi connectivity index (χ4v) is 3.16. The Morgan fingerprint density at radius 1 is 1.33 bits per heavy atom. The Morgan fingerprint density at radius 2 is 2.06 bits per heavy atom. The van der Waals surface area contributed by atoms with E-state index in [4.69, 9.17) is 4.74 Å². The van der Waals surface area contributed by atoms with Gasteiger partial charge in [-0.1, -0.05) is 19.3 Å². The number of carbonyl (C=O) groups excluding carboxylic acids is 1. The first-order valence-electron chi connectivity index (χ1n) is 7.27. The van der Waals surface area contributed by atoms with E-state index in [-0.39, 0.29) is 18.1 Å². The smallest absolute Gasteiger partial charge is 0.237 e. The van der Waals surface area contributed by atoms with Crippen molar-refractivity contribution in [1.29, 1.82) is 0 Å². The van der Waals surface area contributed by atoms with Gasteiger partial charge in [-0.3, -0.25) is 4.79 Å². The van der Waals surface area contributed by atoms with Crippen LogP contribution >= 0.6 is 0 Å². The van der Waals surface area contributed by atoms with Crippen LogP contribution < -0.4 is 10.6 Å². The molecule has 3 atom stereocenters. The lowest BCUT2D eigenvalue weighted by molar-refractivity contribution is -0.124. The second-order valence-electron chi connectivity index (χ2n) is 5.75. The normalized spacial score (nSPS) is 31.2. The summed E-state index contributed by atoms with van der Waals surface area (Å²) < 4.78 is 5.27. The van der Waals surface area contributed by atoms with Crippen molar-refractivity contribution in [2.45, 2.75) is 63.6 Å². The summed E-state index contributed by atoms with van der Waals surface area (Å²) in [7, 11) is 1.71. The fourth-order valence-electron chi connectivity index (χ4n) is 3.16. The first-order valence-corrected chi connectivity index (χ1v) is 7.27. The molecule has 1 aliphatic carbocycles. The summed E-state index contributed by atoms with van der Waals surface area (Å²) in [4.78, 5) is 12.1. The molecule has 1 saturated heterocycles. The SMILES string of the molecule is COC1CNC(C(=O)N[C@@H](C)C2CCCCC2)C1. The van der Waals surface area contributed by atoms with Gasteiger partial charge in [0.05, 0.1) is 12.1 Å². The Labute approximate surface area is 110 Å². The van der Waals surface area contributed by atoms with E-state index in [2.05, 4.69) is 17.6 Å². The molecule has 0 aromatic carbocycles. The highest BCUT2D eigenvalue weighted by Gasteiger charge is 2.31. The molecule has 0 bridgehead atoms. The van der Waals surface area contributed by atoms with Gasteiger partial charge in [0, 0.05) is 19.7 Å². The number of hydrogen-bond donors (Lipinski definition) is 2. The van der Waals surface area contributed by atoms with Crippen LogP contribution in [0, 0.1) is 5.92 Å². The van der Waals surface area contributed by atoms with Crippen LogP contribution in [0.2, 0.25) is 0 Å². The molecular weight excluding hydrogens is 228 g/mol. The lowest BCUT2D eigenvalue weighted by Crippen LogP contribution is -2.46. The van der Waals surface area contributed by atoms with Gasteiger partial charge in [0.1, 0.15) is 0 Å². The summed E-state index contributed by atoms with van der Waals surface area (Å²) in [6, 6.07) is 0.238. The maximum absolute atomic E-state index is 12.1. The Hall–Kier alpha value is -0.610. The van der Waals surface area contributed by atoms with Crippen LogP contribution in [-0.4, -0.2) is 37.7 Å². The van der Waals surface area contributed by atoms with Crippen LogP contribution in [-0.2, 0) is 9.53 Å². The molecule has 2 rings (SSSR count). The van der Waals surface area contributed by atoms with Gasteiger partial charge >= 0.3 is 0 Å². The van der Waals surface area contributed by atoms with Crippen LogP contribution in [0.3, 0.4) is 0 Å². The molecule has 2 N–H and O–H groups in total. The molecule has 2 unspecified atom stereocenters. The van der Waals surface area contributed by atoms with Crippen molar-refractivity contribution >= 4 is 5.91 Å². The Balaban J connectivity index is 1.76. The summed E-state index contributed by atoms with van der Waals surface area (Å²) in [6.07, 6.45) is 7.50. The highest BCUT2D eigenvalue weighted by molar-refractivity contribution is 5.82. The van der Waals surface area contributed by atoms with Crippen molar-refractivity contribution in [1.82, 2.24) is 10.6 Å². The van der Waals surface area contributed by atoms with Crippen LogP contribution in [0.25, 0.3) is 0 Å². The molecular formula is C14H26N2O2. The van der Waals surface area contributed by atoms with Crippen molar-refractivity contribution in [2.24, 2.45) is 5.92 Å². The van der Waals surface area contributed by atoms with E-state index in [1.54, 1.807) is 7.11 Å². The van der Waals surface area contributed by atoms with Gasteiger partial charge in [0.2, 0.25) is 5.91 Å². The molecule has 1 heterocycles. The predicted octanol–water partition coefficient (Wildman–Crippen LogP) is 1.45. The van der Waals surface area contributed by atoms with Gasteiger partial charge in [0.15, 0.2) is 0 Å². The molecule has 4 nitrogen and oxygen atoms in total. The van der Waals surface area contributed by atoms with Gasteiger partial charge in [-0.05, 0) is 32.1 Å². The number of amides is 1. The summed E-state index contributed by atoms with van der Waals surface area (Å²) in [6.45, 7) is 2.93. The van der Waals surface area contributed by atoms with E-state index in [0.717, 1.165) is 13.0 Å². The van der Waals surface area contributed by atoms with Gasteiger partial charge in [-0.25, -0.2) is 0 Å². The zero-order chi connectivity index (χ0) is 13.0. The van der Waals surface area contributed by atoms with Crippen molar-refractivity contribution < 1.29 is 9.53 Å². The summed E-state index contributed by atoms with van der Waals surface area (Å²) in [5.74, 6) is 0.815. The minimum atomic E-state index is -0.0685. The fraction of sp³-hybridized carbons (Fsp3) is 0.929. The number of carbonyl (C=O) groups is 1. The second kappa shape index (κ2) is 6.53. The predicted molar refractivity (Wildman–Crippen MR) is 71.4 cm³/mol. The number of nitrogens with one attached hydrogen (secondary N) is 2. The quantitative estimate of drug-likeness (QED) is 0.798. The highest BCUT2D eigenvalue weighted by atomic mass is 16.5. The van der Waals surface area contributed by atoms with Crippen LogP contribution in [0.15, 0.2) is 0 Å². The molecule has 0 spiro atoms. The summed E-state index contributed by atoms with van der Waals surface area (Å²) in [5.41, 5.74) is 0. The van der Waals surface area contributed by atoms with Crippen molar-refractivity contribution in [2.75, 3.05) is 13.7 Å². The highest BCUT2D eigenvalue weighted by Crippen LogP contribution is 2.26. The number of hydrogen-bond acceptors (Lipinski definition) is 3. The largest absolute Gasteiger partial charge is 0.380 e. The first kappa shape index (κ1) is 13.8. The molecule has 0 aromatic heterocycles. The van der Waals surface area contributed by atoms with E-state index in [1.165, 1.54) is 32.1 Å². The van der Waals surface area contributed by atoms with Crippen molar-refractivity contribution in [3.8, 4) is 0 Å². The lowest BCUT2D eigenvalue weighted by Gasteiger charge is -2.29. The molecule has 2 fully saturated rings. The second-order valence-corrected chi connectivity index (χ2v) is 5.75. The van der Waals surface area contributed by atoms with E-state index < -0.39 is 0 Å². The average Bonchev–Trinajstić information content (AvgIpc) is 2.88. The van der Waals surface area contributed by atoms with Gasteiger partial charge in [-0.2, -0.15) is 0 Å². The first-order chi connectivity index (χ1) is 8.70. The van der Waals surface area contributed by atoms with Crippen LogP contribution in [0.5, 0.6) is 0 Å². The summed E-state index contributed by atoms with van der Waals surface area (Å²) >= 11 is 0. The third kappa shape index (κ3) is 3.45. The molecule has 1 saturated carbocycles. The third-order valence-electron chi connectivity index (χ3n) is 4.47. The van der Waals surface area contributed by atoms with Gasteiger partial charge in [0.25, 0.3) is 0 Å². The monoisotopic (exact) mass is 254 g/mol. The molecule has 0 radical (unpaired) electrons. The van der Waals surface area contributed by atoms with E-state index in [0.29, 0.717) is 12.0 Å². The molecule has 2 aliphatic rings. The van der Waals surface area contributed by atoms with Crippen LogP contribution in [0.4, 0.5) is 0 Å². The molecule has 0 aromatic rings. The average molecular weight is 254 g/mol. The maximum atomic E-state index is 12.1. The van der Waals surface area contributed by atoms with Crippen molar-refractivity contribution in [3.63, 3.8) is 0 Å². The standard InChI is InChI=1S/C14H26N2O2/c1-10(11-6-4-3-5-7-11)16-14(17)13-8-12(18-2)9-15-13/h10-13,15H,3-9H2,1-2H3,(H,16,17)/t10-,12?,13?/m0/s1. The Morgan fingerprint density at radius 3 is 2.67 bits per heavy atom. The van der Waals surface area contributed by atoms with E-state index >= 15 is 0 Å².